The zero-order valence-corrected chi connectivity index (χ0v) is 14.7. The molecule has 1 aliphatic carbocycles. The summed E-state index contributed by atoms with van der Waals surface area (Å²) in [6, 6.07) is 0.460. The molecular formula is C19H27N3O2. The molecule has 0 atom stereocenters. The SMILES string of the molecule is C/C=C(\C=C/CC)n1c(OC2CCCC2)nc2c(c1=O)CNCC2. The minimum atomic E-state index is -0.00551. The van der Waals surface area contributed by atoms with Crippen LogP contribution in [-0.2, 0) is 13.0 Å². The van der Waals surface area contributed by atoms with Crippen molar-refractivity contribution < 1.29 is 4.74 Å². The van der Waals surface area contributed by atoms with E-state index in [0.29, 0.717) is 12.6 Å². The molecule has 0 bridgehead atoms. The van der Waals surface area contributed by atoms with Crippen molar-refractivity contribution in [1.82, 2.24) is 14.9 Å². The molecule has 2 aliphatic rings. The minimum Gasteiger partial charge on any atom is -0.461 e. The van der Waals surface area contributed by atoms with Crippen LogP contribution in [0.1, 0.15) is 57.2 Å². The molecule has 5 heteroatoms. The first kappa shape index (κ1) is 17.0. The maximum atomic E-state index is 13.1. The van der Waals surface area contributed by atoms with E-state index in [2.05, 4.69) is 18.3 Å². The molecule has 5 nitrogen and oxygen atoms in total. The van der Waals surface area contributed by atoms with Crippen LogP contribution in [-0.4, -0.2) is 22.2 Å². The van der Waals surface area contributed by atoms with Crippen LogP contribution in [0.4, 0.5) is 0 Å². The fraction of sp³-hybridized carbons (Fsp3) is 0.579. The topological polar surface area (TPSA) is 56.2 Å². The lowest BCUT2D eigenvalue weighted by molar-refractivity contribution is 0.185. The zero-order chi connectivity index (χ0) is 16.9. The highest BCUT2D eigenvalue weighted by atomic mass is 16.5. The fourth-order valence-corrected chi connectivity index (χ4v) is 3.38. The van der Waals surface area contributed by atoms with Gasteiger partial charge in [-0.2, -0.15) is 0 Å². The molecule has 24 heavy (non-hydrogen) atoms. The molecule has 1 aromatic heterocycles. The van der Waals surface area contributed by atoms with Gasteiger partial charge in [-0.1, -0.05) is 19.1 Å². The second-order valence-electron chi connectivity index (χ2n) is 6.44. The first-order chi connectivity index (χ1) is 11.7. The Balaban J connectivity index is 2.08. The van der Waals surface area contributed by atoms with Crippen molar-refractivity contribution in [2.45, 2.75) is 65.0 Å². The Hall–Kier alpha value is -1.88. The van der Waals surface area contributed by atoms with E-state index >= 15 is 0 Å². The van der Waals surface area contributed by atoms with E-state index in [-0.39, 0.29) is 11.7 Å². The van der Waals surface area contributed by atoms with Gasteiger partial charge in [-0.15, -0.1) is 0 Å². The van der Waals surface area contributed by atoms with E-state index in [1.54, 1.807) is 4.57 Å². The highest BCUT2D eigenvalue weighted by Gasteiger charge is 2.24. The normalized spacial score (nSPS) is 19.0. The second kappa shape index (κ2) is 7.79. The Morgan fingerprint density at radius 1 is 1.42 bits per heavy atom. The van der Waals surface area contributed by atoms with E-state index < -0.39 is 0 Å². The van der Waals surface area contributed by atoms with Crippen LogP contribution in [0.5, 0.6) is 6.01 Å². The molecule has 0 spiro atoms. The summed E-state index contributed by atoms with van der Waals surface area (Å²) in [5.74, 6) is 0. The minimum absolute atomic E-state index is 0.00551. The quantitative estimate of drug-likeness (QED) is 0.844. The van der Waals surface area contributed by atoms with Crippen LogP contribution in [0.2, 0.25) is 0 Å². The van der Waals surface area contributed by atoms with Crippen molar-refractivity contribution in [3.8, 4) is 6.01 Å². The first-order valence-corrected chi connectivity index (χ1v) is 9.10. The lowest BCUT2D eigenvalue weighted by Crippen LogP contribution is -2.36. The summed E-state index contributed by atoms with van der Waals surface area (Å²) in [5.41, 5.74) is 2.48. The third kappa shape index (κ3) is 3.46. The van der Waals surface area contributed by atoms with E-state index in [1.807, 2.05) is 19.1 Å². The van der Waals surface area contributed by atoms with E-state index in [1.165, 1.54) is 12.8 Å². The standard InChI is InChI=1S/C19H27N3O2/c1-3-5-8-14(4-2)22-18(23)16-13-20-12-11-17(16)21-19(22)24-15-9-6-7-10-15/h4-5,8,15,20H,3,6-7,9-13H2,1-2H3/b8-5-,14-4+. The predicted octanol–water partition coefficient (Wildman–Crippen LogP) is 3.04. The summed E-state index contributed by atoms with van der Waals surface area (Å²) in [5, 5.41) is 3.27. The Bertz CT molecular complexity index is 697. The average Bonchev–Trinajstić information content (AvgIpc) is 3.10. The van der Waals surface area contributed by atoms with Crippen LogP contribution < -0.4 is 15.6 Å². The van der Waals surface area contributed by atoms with E-state index in [9.17, 15) is 4.79 Å². The highest BCUT2D eigenvalue weighted by Crippen LogP contribution is 2.25. The molecule has 2 heterocycles. The maximum absolute atomic E-state index is 13.1. The number of nitrogens with zero attached hydrogens (tertiary/aromatic N) is 2. The smallest absolute Gasteiger partial charge is 0.304 e. The monoisotopic (exact) mass is 329 g/mol. The molecule has 0 aromatic carbocycles. The molecule has 130 valence electrons. The van der Waals surface area contributed by atoms with Gasteiger partial charge in [0.15, 0.2) is 0 Å². The van der Waals surface area contributed by atoms with Crippen molar-refractivity contribution >= 4 is 5.70 Å². The molecule has 0 unspecified atom stereocenters. The number of hydrogen-bond acceptors (Lipinski definition) is 4. The van der Waals surface area contributed by atoms with Crippen molar-refractivity contribution in [2.24, 2.45) is 0 Å². The van der Waals surface area contributed by atoms with Gasteiger partial charge >= 0.3 is 6.01 Å². The van der Waals surface area contributed by atoms with Crippen molar-refractivity contribution in [2.75, 3.05) is 6.54 Å². The van der Waals surface area contributed by atoms with Gasteiger partial charge in [0.1, 0.15) is 6.10 Å². The van der Waals surface area contributed by atoms with E-state index in [0.717, 1.165) is 49.2 Å². The summed E-state index contributed by atoms with van der Waals surface area (Å²) >= 11 is 0. The van der Waals surface area contributed by atoms with Crippen molar-refractivity contribution in [3.63, 3.8) is 0 Å². The molecule has 1 saturated carbocycles. The van der Waals surface area contributed by atoms with Gasteiger partial charge in [0.05, 0.1) is 11.3 Å². The van der Waals surface area contributed by atoms with Crippen LogP contribution in [0.3, 0.4) is 0 Å². The van der Waals surface area contributed by atoms with Gasteiger partial charge in [-0.3, -0.25) is 4.79 Å². The number of hydrogen-bond donors (Lipinski definition) is 1. The Kier molecular flexibility index (Phi) is 5.51. The van der Waals surface area contributed by atoms with Gasteiger partial charge in [0.2, 0.25) is 0 Å². The van der Waals surface area contributed by atoms with Crippen LogP contribution in [0.15, 0.2) is 23.0 Å². The number of fused-ring (bicyclic) bond motifs is 1. The lowest BCUT2D eigenvalue weighted by Gasteiger charge is -2.22. The summed E-state index contributed by atoms with van der Waals surface area (Å²) in [7, 11) is 0. The number of nitrogens with one attached hydrogen (secondary N) is 1. The Morgan fingerprint density at radius 2 is 2.21 bits per heavy atom. The van der Waals surface area contributed by atoms with Gasteiger partial charge in [0, 0.05) is 25.2 Å². The molecule has 3 rings (SSSR count). The molecule has 1 N–H and O–H groups in total. The van der Waals surface area contributed by atoms with Crippen molar-refractivity contribution in [3.05, 3.63) is 39.8 Å². The van der Waals surface area contributed by atoms with Crippen LogP contribution >= 0.6 is 0 Å². The van der Waals surface area contributed by atoms with Crippen LogP contribution in [0.25, 0.3) is 5.70 Å². The molecule has 0 saturated heterocycles. The molecule has 0 amide bonds. The number of aromatic nitrogens is 2. The van der Waals surface area contributed by atoms with Gasteiger partial charge in [-0.25, -0.2) is 9.55 Å². The number of allylic oxidation sites excluding steroid dienone is 4. The highest BCUT2D eigenvalue weighted by molar-refractivity contribution is 5.58. The summed E-state index contributed by atoms with van der Waals surface area (Å²) < 4.78 is 7.82. The summed E-state index contributed by atoms with van der Waals surface area (Å²) in [6.45, 7) is 5.47. The zero-order valence-electron chi connectivity index (χ0n) is 14.7. The lowest BCUT2D eigenvalue weighted by atomic mass is 10.1. The third-order valence-electron chi connectivity index (χ3n) is 4.72. The van der Waals surface area contributed by atoms with Gasteiger partial charge < -0.3 is 10.1 Å². The van der Waals surface area contributed by atoms with Crippen LogP contribution in [0, 0.1) is 0 Å². The number of rotatable bonds is 5. The summed E-state index contributed by atoms with van der Waals surface area (Å²) in [4.78, 5) is 17.8. The maximum Gasteiger partial charge on any atom is 0.304 e. The van der Waals surface area contributed by atoms with E-state index in [4.69, 9.17) is 9.72 Å². The largest absolute Gasteiger partial charge is 0.461 e. The first-order valence-electron chi connectivity index (χ1n) is 9.10. The van der Waals surface area contributed by atoms with Gasteiger partial charge in [0.25, 0.3) is 5.56 Å². The second-order valence-corrected chi connectivity index (χ2v) is 6.44. The fourth-order valence-electron chi connectivity index (χ4n) is 3.38. The molecule has 0 radical (unpaired) electrons. The third-order valence-corrected chi connectivity index (χ3v) is 4.72. The molecule has 1 fully saturated rings. The number of ether oxygens (including phenoxy) is 1. The Labute approximate surface area is 143 Å². The van der Waals surface area contributed by atoms with Crippen molar-refractivity contribution in [1.29, 1.82) is 0 Å². The predicted molar refractivity (Wildman–Crippen MR) is 96.2 cm³/mol. The van der Waals surface area contributed by atoms with Gasteiger partial charge in [-0.05, 0) is 45.1 Å². The molecule has 1 aromatic rings. The molecule has 1 aliphatic heterocycles. The molecular weight excluding hydrogens is 302 g/mol. The Morgan fingerprint density at radius 3 is 2.92 bits per heavy atom. The summed E-state index contributed by atoms with van der Waals surface area (Å²) in [6.07, 6.45) is 12.3. The average molecular weight is 329 g/mol.